The van der Waals surface area contributed by atoms with Gasteiger partial charge >= 0.3 is 0 Å². The molecule has 2 aliphatic rings. The average Bonchev–Trinajstić information content (AvgIpc) is 2.80. The van der Waals surface area contributed by atoms with Gasteiger partial charge in [0, 0.05) is 19.0 Å². The molecule has 1 amide bonds. The summed E-state index contributed by atoms with van der Waals surface area (Å²) in [6.07, 6.45) is 1.30. The van der Waals surface area contributed by atoms with Crippen molar-refractivity contribution in [2.75, 3.05) is 0 Å². The summed E-state index contributed by atoms with van der Waals surface area (Å²) < 4.78 is 0. The number of carbonyl (C=O) groups excluding carboxylic acids is 2. The van der Waals surface area contributed by atoms with Crippen molar-refractivity contribution in [2.45, 2.75) is 25.4 Å². The maximum absolute atomic E-state index is 11.9. The van der Waals surface area contributed by atoms with Crippen LogP contribution < -0.4 is 0 Å². The van der Waals surface area contributed by atoms with Gasteiger partial charge in [-0.3, -0.25) is 9.59 Å². The Hall–Kier alpha value is -1.64. The summed E-state index contributed by atoms with van der Waals surface area (Å²) >= 11 is 0. The van der Waals surface area contributed by atoms with E-state index in [2.05, 4.69) is 0 Å². The van der Waals surface area contributed by atoms with Crippen molar-refractivity contribution < 1.29 is 9.59 Å². The first-order valence-corrected chi connectivity index (χ1v) is 5.63. The minimum absolute atomic E-state index is 0.0325. The van der Waals surface area contributed by atoms with E-state index in [-0.39, 0.29) is 23.7 Å². The van der Waals surface area contributed by atoms with Gasteiger partial charge in [0.1, 0.15) is 5.78 Å². The Morgan fingerprint density at radius 3 is 2.56 bits per heavy atom. The van der Waals surface area contributed by atoms with Crippen LogP contribution in [-0.2, 0) is 16.1 Å². The number of ketones is 1. The van der Waals surface area contributed by atoms with Crippen LogP contribution in [0.1, 0.15) is 18.4 Å². The maximum Gasteiger partial charge on any atom is 0.233 e. The highest BCUT2D eigenvalue weighted by Gasteiger charge is 2.49. The third-order valence-corrected chi connectivity index (χ3v) is 3.55. The van der Waals surface area contributed by atoms with Crippen LogP contribution in [0, 0.1) is 5.92 Å². The quantitative estimate of drug-likeness (QED) is 0.699. The van der Waals surface area contributed by atoms with Crippen molar-refractivity contribution in [1.82, 2.24) is 4.90 Å². The van der Waals surface area contributed by atoms with E-state index in [0.717, 1.165) is 12.0 Å². The highest BCUT2D eigenvalue weighted by atomic mass is 16.2. The summed E-state index contributed by atoms with van der Waals surface area (Å²) in [4.78, 5) is 25.1. The summed E-state index contributed by atoms with van der Waals surface area (Å²) in [7, 11) is 0. The first-order chi connectivity index (χ1) is 7.75. The van der Waals surface area contributed by atoms with Gasteiger partial charge in [0.2, 0.25) is 5.91 Å². The first kappa shape index (κ1) is 9.58. The largest absolute Gasteiger partial charge is 0.334 e. The van der Waals surface area contributed by atoms with E-state index >= 15 is 0 Å². The smallest absolute Gasteiger partial charge is 0.233 e. The number of carbonyl (C=O) groups is 2. The number of nitrogens with zero attached hydrogens (tertiary/aromatic N) is 1. The summed E-state index contributed by atoms with van der Waals surface area (Å²) in [6, 6.07) is 10.1. The highest BCUT2D eigenvalue weighted by molar-refractivity contribution is 6.06. The highest BCUT2D eigenvalue weighted by Crippen LogP contribution is 2.36. The predicted octanol–water partition coefficient (Wildman–Crippen LogP) is 1.38. The molecular formula is C13H13NO2. The van der Waals surface area contributed by atoms with Gasteiger partial charge < -0.3 is 4.90 Å². The summed E-state index contributed by atoms with van der Waals surface area (Å²) in [5.74, 6) is -0.155. The monoisotopic (exact) mass is 215 g/mol. The Bertz CT molecular complexity index is 441. The Kier molecular flexibility index (Phi) is 2.06. The number of amides is 1. The SMILES string of the molecule is O=C1C[C@@H]2C[C@H]1C(=O)N2Cc1ccccc1. The lowest BCUT2D eigenvalue weighted by atomic mass is 10.1. The van der Waals surface area contributed by atoms with E-state index in [9.17, 15) is 9.59 Å². The molecule has 1 aromatic rings. The molecule has 3 heteroatoms. The average molecular weight is 215 g/mol. The fraction of sp³-hybridized carbons (Fsp3) is 0.385. The number of rotatable bonds is 2. The van der Waals surface area contributed by atoms with Crippen LogP contribution in [0.3, 0.4) is 0 Å². The van der Waals surface area contributed by atoms with Gasteiger partial charge in [0.05, 0.1) is 5.92 Å². The van der Waals surface area contributed by atoms with E-state index in [1.54, 1.807) is 0 Å². The zero-order valence-electron chi connectivity index (χ0n) is 8.93. The van der Waals surface area contributed by atoms with Crippen LogP contribution in [0.25, 0.3) is 0 Å². The van der Waals surface area contributed by atoms with Crippen LogP contribution >= 0.6 is 0 Å². The molecule has 16 heavy (non-hydrogen) atoms. The molecule has 1 aliphatic carbocycles. The number of hydrogen-bond acceptors (Lipinski definition) is 2. The van der Waals surface area contributed by atoms with Crippen LogP contribution in [0.5, 0.6) is 0 Å². The van der Waals surface area contributed by atoms with Crippen molar-refractivity contribution in [1.29, 1.82) is 0 Å². The van der Waals surface area contributed by atoms with Gasteiger partial charge in [0.15, 0.2) is 0 Å². The lowest BCUT2D eigenvalue weighted by Gasteiger charge is -2.26. The molecule has 1 saturated carbocycles. The van der Waals surface area contributed by atoms with Gasteiger partial charge in [-0.05, 0) is 12.0 Å². The first-order valence-electron chi connectivity index (χ1n) is 5.63. The number of likely N-dealkylation sites (tertiary alicyclic amines) is 1. The maximum atomic E-state index is 11.9. The van der Waals surface area contributed by atoms with Gasteiger partial charge in [-0.25, -0.2) is 0 Å². The molecular weight excluding hydrogens is 202 g/mol. The molecule has 1 heterocycles. The molecule has 0 radical (unpaired) electrons. The number of hydrogen-bond donors (Lipinski definition) is 0. The number of benzene rings is 1. The Morgan fingerprint density at radius 1 is 1.19 bits per heavy atom. The molecule has 2 atom stereocenters. The summed E-state index contributed by atoms with van der Waals surface area (Å²) in [5.41, 5.74) is 1.14. The molecule has 1 aliphatic heterocycles. The molecule has 3 nitrogen and oxygen atoms in total. The van der Waals surface area contributed by atoms with Gasteiger partial charge in [-0.15, -0.1) is 0 Å². The second-order valence-electron chi connectivity index (χ2n) is 4.56. The van der Waals surface area contributed by atoms with E-state index in [1.807, 2.05) is 35.2 Å². The lowest BCUT2D eigenvalue weighted by Crippen LogP contribution is -2.39. The summed E-state index contributed by atoms with van der Waals surface area (Å²) in [6.45, 7) is 0.647. The number of Topliss-reactive ketones (excluding diaryl/α,β-unsaturated/α-hetero) is 1. The number of fused-ring (bicyclic) bond motifs is 2. The minimum atomic E-state index is -0.325. The molecule has 1 saturated heterocycles. The Labute approximate surface area is 94.1 Å². The molecule has 2 bridgehead atoms. The lowest BCUT2D eigenvalue weighted by molar-refractivity contribution is -0.141. The fourth-order valence-electron chi connectivity index (χ4n) is 2.70. The van der Waals surface area contributed by atoms with Crippen molar-refractivity contribution in [3.8, 4) is 0 Å². The van der Waals surface area contributed by atoms with E-state index in [4.69, 9.17) is 0 Å². The topological polar surface area (TPSA) is 37.4 Å². The zero-order chi connectivity index (χ0) is 11.1. The zero-order valence-corrected chi connectivity index (χ0v) is 8.93. The Morgan fingerprint density at radius 2 is 1.94 bits per heavy atom. The van der Waals surface area contributed by atoms with Gasteiger partial charge in [-0.2, -0.15) is 0 Å². The van der Waals surface area contributed by atoms with E-state index < -0.39 is 0 Å². The van der Waals surface area contributed by atoms with Crippen LogP contribution in [0.2, 0.25) is 0 Å². The van der Waals surface area contributed by atoms with Gasteiger partial charge in [-0.1, -0.05) is 30.3 Å². The molecule has 1 aromatic carbocycles. The van der Waals surface area contributed by atoms with Crippen LogP contribution in [0.4, 0.5) is 0 Å². The van der Waals surface area contributed by atoms with E-state index in [1.165, 1.54) is 0 Å². The van der Waals surface area contributed by atoms with Crippen molar-refractivity contribution in [2.24, 2.45) is 5.92 Å². The second kappa shape index (κ2) is 3.44. The predicted molar refractivity (Wildman–Crippen MR) is 58.5 cm³/mol. The fourth-order valence-corrected chi connectivity index (χ4v) is 2.70. The molecule has 0 aromatic heterocycles. The second-order valence-corrected chi connectivity index (χ2v) is 4.56. The normalized spacial score (nSPS) is 27.9. The summed E-state index contributed by atoms with van der Waals surface area (Å²) in [5, 5.41) is 0. The molecule has 2 fully saturated rings. The number of piperidine rings is 1. The molecule has 0 N–H and O–H groups in total. The minimum Gasteiger partial charge on any atom is -0.334 e. The van der Waals surface area contributed by atoms with Crippen LogP contribution in [-0.4, -0.2) is 22.6 Å². The van der Waals surface area contributed by atoms with Crippen molar-refractivity contribution >= 4 is 11.7 Å². The molecule has 0 spiro atoms. The standard InChI is InChI=1S/C13H13NO2/c15-12-7-10-6-11(12)13(16)14(10)8-9-4-2-1-3-5-9/h1-5,10-11H,6-8H2/t10-,11+/m0/s1. The third-order valence-electron chi connectivity index (χ3n) is 3.55. The van der Waals surface area contributed by atoms with Gasteiger partial charge in [0.25, 0.3) is 0 Å². The Balaban J connectivity index is 1.79. The van der Waals surface area contributed by atoms with Crippen LogP contribution in [0.15, 0.2) is 30.3 Å². The van der Waals surface area contributed by atoms with Crippen molar-refractivity contribution in [3.05, 3.63) is 35.9 Å². The molecule has 82 valence electrons. The molecule has 3 rings (SSSR count). The molecule has 0 unspecified atom stereocenters. The third kappa shape index (κ3) is 1.35. The van der Waals surface area contributed by atoms with E-state index in [0.29, 0.717) is 13.0 Å². The van der Waals surface area contributed by atoms with Crippen molar-refractivity contribution in [3.63, 3.8) is 0 Å².